The molecular weight excluding hydrogens is 536 g/mol. The first-order valence-electron chi connectivity index (χ1n) is 10.8. The van der Waals surface area contributed by atoms with Crippen LogP contribution in [-0.2, 0) is 26.2 Å². The number of halogens is 1. The van der Waals surface area contributed by atoms with Crippen LogP contribution in [0.25, 0.3) is 0 Å². The normalized spacial score (nSPS) is 17.5. The summed E-state index contributed by atoms with van der Waals surface area (Å²) >= 11 is 3.31. The summed E-state index contributed by atoms with van der Waals surface area (Å²) in [5, 5.41) is 0. The Morgan fingerprint density at radius 2 is 1.66 bits per heavy atom. The molecule has 0 saturated carbocycles. The monoisotopic (exact) mass is 556 g/mol. The Morgan fingerprint density at radius 1 is 0.971 bits per heavy atom. The Balaban J connectivity index is 1.54. The summed E-state index contributed by atoms with van der Waals surface area (Å²) in [5.41, 5.74) is 1.99. The third kappa shape index (κ3) is 4.44. The van der Waals surface area contributed by atoms with E-state index in [0.29, 0.717) is 22.7 Å². The molecule has 3 aromatic rings. The molecule has 180 valence electrons. The predicted octanol–water partition coefficient (Wildman–Crippen LogP) is 4.01. The van der Waals surface area contributed by atoms with Gasteiger partial charge in [-0.15, -0.1) is 0 Å². The van der Waals surface area contributed by atoms with Gasteiger partial charge in [-0.1, -0.05) is 39.7 Å². The van der Waals surface area contributed by atoms with Crippen LogP contribution in [0.5, 0.6) is 11.5 Å². The number of carbonyl (C=O) groups is 2. The van der Waals surface area contributed by atoms with Gasteiger partial charge in [0.25, 0.3) is 5.91 Å². The molecule has 0 N–H and O–H groups in total. The molecular formula is C25H21BrN2O6S. The highest BCUT2D eigenvalue weighted by molar-refractivity contribution is 9.10. The van der Waals surface area contributed by atoms with E-state index in [2.05, 4.69) is 15.9 Å². The van der Waals surface area contributed by atoms with Crippen molar-refractivity contribution in [3.05, 3.63) is 82.3 Å². The number of benzene rings is 3. The summed E-state index contributed by atoms with van der Waals surface area (Å²) in [6, 6.07) is 17.0. The second kappa shape index (κ2) is 9.10. The number of rotatable bonds is 6. The van der Waals surface area contributed by atoms with Crippen LogP contribution in [0.15, 0.2) is 76.1 Å². The van der Waals surface area contributed by atoms with Crippen LogP contribution in [0.3, 0.4) is 0 Å². The summed E-state index contributed by atoms with van der Waals surface area (Å²) in [5.74, 6) is 0.0261. The lowest BCUT2D eigenvalue weighted by Gasteiger charge is -2.27. The highest BCUT2D eigenvalue weighted by Crippen LogP contribution is 2.35. The number of amides is 2. The number of hydrogen-bond donors (Lipinski definition) is 0. The van der Waals surface area contributed by atoms with Gasteiger partial charge in [-0.05, 0) is 61.0 Å². The topological polar surface area (TPSA) is 93.2 Å². The Morgan fingerprint density at radius 3 is 2.37 bits per heavy atom. The Labute approximate surface area is 211 Å². The summed E-state index contributed by atoms with van der Waals surface area (Å²) in [7, 11) is -4.14. The van der Waals surface area contributed by atoms with E-state index < -0.39 is 27.9 Å². The van der Waals surface area contributed by atoms with E-state index in [9.17, 15) is 18.0 Å². The van der Waals surface area contributed by atoms with Gasteiger partial charge < -0.3 is 9.47 Å². The van der Waals surface area contributed by atoms with E-state index in [1.54, 1.807) is 54.6 Å². The molecule has 1 atom stereocenters. The Kier molecular flexibility index (Phi) is 6.12. The lowest BCUT2D eigenvalue weighted by molar-refractivity contribution is -0.122. The van der Waals surface area contributed by atoms with Crippen LogP contribution in [0.2, 0.25) is 0 Å². The standard InChI is InChI=1S/C25H21BrN2O6S/c1-16-2-7-19(8-3-16)28-24(29)13-21(25(28)30)27(35(31,32)20-9-5-18(26)6-10-20)14-17-4-11-22-23(12-17)34-15-33-22/h2-12,21H,13-15H2,1H3. The highest BCUT2D eigenvalue weighted by atomic mass is 79.9. The molecule has 1 unspecified atom stereocenters. The van der Waals surface area contributed by atoms with Gasteiger partial charge >= 0.3 is 0 Å². The van der Waals surface area contributed by atoms with Gasteiger partial charge in [0.15, 0.2) is 11.5 Å². The molecule has 0 aromatic heterocycles. The lowest BCUT2D eigenvalue weighted by Crippen LogP contribution is -2.45. The minimum absolute atomic E-state index is 0.0236. The number of fused-ring (bicyclic) bond motifs is 1. The number of anilines is 1. The van der Waals surface area contributed by atoms with Gasteiger partial charge in [-0.3, -0.25) is 9.59 Å². The number of ether oxygens (including phenoxy) is 2. The molecule has 2 heterocycles. The highest BCUT2D eigenvalue weighted by Gasteiger charge is 2.47. The maximum absolute atomic E-state index is 13.8. The number of carbonyl (C=O) groups excluding carboxylic acids is 2. The van der Waals surface area contributed by atoms with Crippen molar-refractivity contribution in [3.8, 4) is 11.5 Å². The number of sulfonamides is 1. The van der Waals surface area contributed by atoms with Crippen molar-refractivity contribution in [3.63, 3.8) is 0 Å². The number of nitrogens with zero attached hydrogens (tertiary/aromatic N) is 2. The van der Waals surface area contributed by atoms with E-state index in [-0.39, 0.29) is 24.7 Å². The fourth-order valence-corrected chi connectivity index (χ4v) is 5.96. The molecule has 1 fully saturated rings. The molecule has 0 aliphatic carbocycles. The van der Waals surface area contributed by atoms with Crippen LogP contribution < -0.4 is 14.4 Å². The molecule has 1 saturated heterocycles. The molecule has 35 heavy (non-hydrogen) atoms. The van der Waals surface area contributed by atoms with Gasteiger partial charge in [0.1, 0.15) is 6.04 Å². The van der Waals surface area contributed by atoms with Gasteiger partial charge in [0, 0.05) is 11.0 Å². The lowest BCUT2D eigenvalue weighted by atomic mass is 10.1. The third-order valence-electron chi connectivity index (χ3n) is 5.96. The second-order valence-corrected chi connectivity index (χ2v) is 11.1. The SMILES string of the molecule is Cc1ccc(N2C(=O)CC(N(Cc3ccc4c(c3)OCO4)S(=O)(=O)c3ccc(Br)cc3)C2=O)cc1. The first-order valence-corrected chi connectivity index (χ1v) is 13.1. The fourth-order valence-electron chi connectivity index (χ4n) is 4.13. The van der Waals surface area contributed by atoms with Crippen molar-refractivity contribution in [2.24, 2.45) is 0 Å². The smallest absolute Gasteiger partial charge is 0.252 e. The van der Waals surface area contributed by atoms with Gasteiger partial charge in [0.2, 0.25) is 22.7 Å². The van der Waals surface area contributed by atoms with Crippen molar-refractivity contribution in [2.45, 2.75) is 30.8 Å². The number of imide groups is 1. The molecule has 2 amide bonds. The average Bonchev–Trinajstić information content (AvgIpc) is 3.41. The fraction of sp³-hybridized carbons (Fsp3) is 0.200. The third-order valence-corrected chi connectivity index (χ3v) is 8.36. The average molecular weight is 557 g/mol. The number of aryl methyl sites for hydroxylation is 1. The molecule has 5 rings (SSSR count). The Bertz CT molecular complexity index is 1410. The van der Waals surface area contributed by atoms with Gasteiger partial charge in [0.05, 0.1) is 17.0 Å². The molecule has 2 aliphatic rings. The van der Waals surface area contributed by atoms with Crippen molar-refractivity contribution >= 4 is 43.5 Å². The quantitative estimate of drug-likeness (QED) is 0.426. The van der Waals surface area contributed by atoms with Gasteiger partial charge in [-0.25, -0.2) is 13.3 Å². The van der Waals surface area contributed by atoms with E-state index in [1.807, 2.05) is 6.92 Å². The molecule has 0 spiro atoms. The molecule has 8 nitrogen and oxygen atoms in total. The van der Waals surface area contributed by atoms with E-state index in [1.165, 1.54) is 12.1 Å². The molecule has 3 aromatic carbocycles. The first-order chi connectivity index (χ1) is 16.7. The number of hydrogen-bond acceptors (Lipinski definition) is 6. The zero-order chi connectivity index (χ0) is 24.7. The maximum Gasteiger partial charge on any atom is 0.252 e. The zero-order valence-electron chi connectivity index (χ0n) is 18.7. The minimum Gasteiger partial charge on any atom is -0.454 e. The van der Waals surface area contributed by atoms with Gasteiger partial charge in [-0.2, -0.15) is 4.31 Å². The molecule has 0 bridgehead atoms. The van der Waals surface area contributed by atoms with E-state index >= 15 is 0 Å². The summed E-state index contributed by atoms with van der Waals surface area (Å²) in [6.07, 6.45) is -0.257. The first kappa shape index (κ1) is 23.5. The van der Waals surface area contributed by atoms with Crippen molar-refractivity contribution < 1.29 is 27.5 Å². The van der Waals surface area contributed by atoms with Crippen molar-refractivity contribution in [2.75, 3.05) is 11.7 Å². The van der Waals surface area contributed by atoms with E-state index in [0.717, 1.165) is 19.2 Å². The summed E-state index contributed by atoms with van der Waals surface area (Å²) in [4.78, 5) is 27.5. The van der Waals surface area contributed by atoms with Crippen LogP contribution in [-0.4, -0.2) is 37.4 Å². The van der Waals surface area contributed by atoms with Crippen molar-refractivity contribution in [1.82, 2.24) is 4.31 Å². The van der Waals surface area contributed by atoms with Crippen LogP contribution >= 0.6 is 15.9 Å². The minimum atomic E-state index is -4.14. The maximum atomic E-state index is 13.8. The largest absolute Gasteiger partial charge is 0.454 e. The van der Waals surface area contributed by atoms with Crippen LogP contribution in [0.4, 0.5) is 5.69 Å². The Hall–Kier alpha value is -3.21. The molecule has 0 radical (unpaired) electrons. The summed E-state index contributed by atoms with van der Waals surface area (Å²) < 4.78 is 40.2. The van der Waals surface area contributed by atoms with E-state index in [4.69, 9.17) is 9.47 Å². The molecule has 10 heteroatoms. The second-order valence-electron chi connectivity index (χ2n) is 8.31. The van der Waals surface area contributed by atoms with Crippen molar-refractivity contribution in [1.29, 1.82) is 0 Å². The van der Waals surface area contributed by atoms with Crippen LogP contribution in [0, 0.1) is 6.92 Å². The molecule has 2 aliphatic heterocycles. The van der Waals surface area contributed by atoms with Crippen LogP contribution in [0.1, 0.15) is 17.5 Å². The summed E-state index contributed by atoms with van der Waals surface area (Å²) in [6.45, 7) is 1.86. The predicted molar refractivity (Wildman–Crippen MR) is 132 cm³/mol. The zero-order valence-corrected chi connectivity index (χ0v) is 21.1.